The maximum atomic E-state index is 15.2. The van der Waals surface area contributed by atoms with Gasteiger partial charge in [0.1, 0.15) is 11.6 Å². The fourth-order valence-corrected chi connectivity index (χ4v) is 4.77. The molecule has 4 heterocycles. The molecule has 4 aromatic rings. The lowest BCUT2D eigenvalue weighted by Gasteiger charge is -2.37. The molecular weight excluding hydrogens is 528 g/mol. The zero-order chi connectivity index (χ0) is 28.8. The molecule has 1 aliphatic rings. The van der Waals surface area contributed by atoms with Crippen molar-refractivity contribution in [3.8, 4) is 22.5 Å². The highest BCUT2D eigenvalue weighted by Gasteiger charge is 2.34. The van der Waals surface area contributed by atoms with Crippen molar-refractivity contribution < 1.29 is 22.4 Å². The summed E-state index contributed by atoms with van der Waals surface area (Å²) in [6, 6.07) is 8.21. The van der Waals surface area contributed by atoms with Gasteiger partial charge >= 0.3 is 6.18 Å². The summed E-state index contributed by atoms with van der Waals surface area (Å²) in [5.74, 6) is -1.73. The van der Waals surface area contributed by atoms with Gasteiger partial charge in [-0.05, 0) is 44.2 Å². The Balaban J connectivity index is 1.39. The molecule has 13 heteroatoms. The van der Waals surface area contributed by atoms with Crippen LogP contribution in [0.5, 0.6) is 0 Å². The molecule has 4 N–H and O–H groups in total. The number of nitrogen functional groups attached to an aromatic ring is 1. The van der Waals surface area contributed by atoms with Crippen molar-refractivity contribution >= 4 is 17.4 Å². The van der Waals surface area contributed by atoms with Gasteiger partial charge in [0.2, 0.25) is 0 Å². The predicted molar refractivity (Wildman–Crippen MR) is 142 cm³/mol. The smallest absolute Gasteiger partial charge is 0.383 e. The molecule has 1 fully saturated rings. The standard InChI is InChI=1S/C27H28F4N8O/c1-26(2,33)15-37-7-9-38(10-8-37)25(40)18-4-3-16(12-20(18)28)22-14-34-23-6-5-21(36-39(22)23)17-11-19(27(29,30)31)24(32)35-13-17/h3-6,11-14H,7-10,15,33H2,1-2H3,(H2,32,35). The summed E-state index contributed by atoms with van der Waals surface area (Å²) in [6.45, 7) is 6.82. The Bertz CT molecular complexity index is 1570. The van der Waals surface area contributed by atoms with Crippen LogP contribution in [0.25, 0.3) is 28.2 Å². The molecule has 1 aliphatic heterocycles. The number of nitrogens with two attached hydrogens (primary N) is 2. The number of pyridine rings is 1. The fourth-order valence-electron chi connectivity index (χ4n) is 4.77. The Morgan fingerprint density at radius 1 is 0.975 bits per heavy atom. The second-order valence-electron chi connectivity index (χ2n) is 10.5. The highest BCUT2D eigenvalue weighted by Crippen LogP contribution is 2.35. The molecular formula is C27H28F4N8O. The number of carbonyl (C=O) groups is 1. The third-order valence-corrected chi connectivity index (χ3v) is 6.67. The van der Waals surface area contributed by atoms with Crippen LogP contribution in [0, 0.1) is 5.82 Å². The first-order valence-electron chi connectivity index (χ1n) is 12.6. The lowest BCUT2D eigenvalue weighted by molar-refractivity contribution is -0.137. The second-order valence-corrected chi connectivity index (χ2v) is 10.5. The van der Waals surface area contributed by atoms with E-state index in [0.29, 0.717) is 49.6 Å². The summed E-state index contributed by atoms with van der Waals surface area (Å²) in [4.78, 5) is 24.8. The molecule has 0 radical (unpaired) electrons. The molecule has 0 atom stereocenters. The number of imidazole rings is 1. The number of nitrogens with zero attached hydrogens (tertiary/aromatic N) is 6. The van der Waals surface area contributed by atoms with Crippen molar-refractivity contribution in [1.82, 2.24) is 29.4 Å². The van der Waals surface area contributed by atoms with Crippen molar-refractivity contribution in [3.05, 3.63) is 65.7 Å². The molecule has 40 heavy (non-hydrogen) atoms. The number of hydrogen-bond acceptors (Lipinski definition) is 7. The van der Waals surface area contributed by atoms with Gasteiger partial charge in [0, 0.05) is 55.6 Å². The van der Waals surface area contributed by atoms with Gasteiger partial charge in [-0.1, -0.05) is 6.07 Å². The van der Waals surface area contributed by atoms with Crippen molar-refractivity contribution in [2.75, 3.05) is 38.5 Å². The van der Waals surface area contributed by atoms with E-state index in [1.807, 2.05) is 13.8 Å². The molecule has 1 saturated heterocycles. The van der Waals surface area contributed by atoms with Gasteiger partial charge in [-0.2, -0.15) is 18.3 Å². The number of hydrogen-bond donors (Lipinski definition) is 2. The van der Waals surface area contributed by atoms with E-state index >= 15 is 4.39 Å². The van der Waals surface area contributed by atoms with Gasteiger partial charge in [0.25, 0.3) is 5.91 Å². The SMILES string of the molecule is CC(C)(N)CN1CCN(C(=O)c2ccc(-c3cnc4ccc(-c5cnc(N)c(C(F)(F)F)c5)nn34)cc2F)CC1. The topological polar surface area (TPSA) is 119 Å². The number of piperazine rings is 1. The van der Waals surface area contributed by atoms with E-state index in [-0.39, 0.29) is 22.4 Å². The summed E-state index contributed by atoms with van der Waals surface area (Å²) in [5, 5.41) is 4.42. The minimum Gasteiger partial charge on any atom is -0.383 e. The molecule has 0 unspecified atom stereocenters. The number of halogens is 4. The van der Waals surface area contributed by atoms with E-state index in [0.717, 1.165) is 6.07 Å². The predicted octanol–water partition coefficient (Wildman–Crippen LogP) is 3.69. The minimum absolute atomic E-state index is 0.0496. The average molecular weight is 557 g/mol. The van der Waals surface area contributed by atoms with Crippen LogP contribution in [0.1, 0.15) is 29.8 Å². The lowest BCUT2D eigenvalue weighted by atomic mass is 10.1. The van der Waals surface area contributed by atoms with Crippen LogP contribution in [-0.4, -0.2) is 73.6 Å². The van der Waals surface area contributed by atoms with E-state index in [2.05, 4.69) is 20.0 Å². The molecule has 0 bridgehead atoms. The van der Waals surface area contributed by atoms with Gasteiger partial charge < -0.3 is 16.4 Å². The van der Waals surface area contributed by atoms with Gasteiger partial charge in [0.15, 0.2) is 5.65 Å². The molecule has 0 spiro atoms. The highest BCUT2D eigenvalue weighted by molar-refractivity contribution is 5.95. The zero-order valence-corrected chi connectivity index (χ0v) is 21.9. The number of fused-ring (bicyclic) bond motifs is 1. The number of carbonyl (C=O) groups excluding carboxylic acids is 1. The van der Waals surface area contributed by atoms with Crippen LogP contribution in [-0.2, 0) is 6.18 Å². The third-order valence-electron chi connectivity index (χ3n) is 6.67. The van der Waals surface area contributed by atoms with Gasteiger partial charge in [-0.25, -0.2) is 18.9 Å². The Morgan fingerprint density at radius 3 is 2.35 bits per heavy atom. The van der Waals surface area contributed by atoms with Crippen LogP contribution < -0.4 is 11.5 Å². The highest BCUT2D eigenvalue weighted by atomic mass is 19.4. The lowest BCUT2D eigenvalue weighted by Crippen LogP contribution is -2.54. The van der Waals surface area contributed by atoms with Crippen LogP contribution in [0.3, 0.4) is 0 Å². The Kier molecular flexibility index (Phi) is 6.96. The maximum Gasteiger partial charge on any atom is 0.419 e. The number of benzene rings is 1. The second kappa shape index (κ2) is 10.1. The summed E-state index contributed by atoms with van der Waals surface area (Å²) >= 11 is 0. The summed E-state index contributed by atoms with van der Waals surface area (Å²) in [7, 11) is 0. The van der Waals surface area contributed by atoms with E-state index in [9.17, 15) is 18.0 Å². The molecule has 0 saturated carbocycles. The van der Waals surface area contributed by atoms with Gasteiger partial charge in [0.05, 0.1) is 28.7 Å². The van der Waals surface area contributed by atoms with Crippen molar-refractivity contribution in [2.45, 2.75) is 25.6 Å². The minimum atomic E-state index is -4.68. The van der Waals surface area contributed by atoms with Crippen molar-refractivity contribution in [3.63, 3.8) is 0 Å². The Morgan fingerprint density at radius 2 is 1.70 bits per heavy atom. The quantitative estimate of drug-likeness (QED) is 0.360. The molecule has 1 amide bonds. The van der Waals surface area contributed by atoms with E-state index < -0.39 is 29.3 Å². The van der Waals surface area contributed by atoms with Crippen LogP contribution in [0.2, 0.25) is 0 Å². The zero-order valence-electron chi connectivity index (χ0n) is 21.9. The molecule has 5 rings (SSSR count). The molecule has 1 aromatic carbocycles. The Labute approximate surface area is 227 Å². The summed E-state index contributed by atoms with van der Waals surface area (Å²) in [6.07, 6.45) is -2.00. The molecule has 9 nitrogen and oxygen atoms in total. The van der Waals surface area contributed by atoms with E-state index in [4.69, 9.17) is 11.5 Å². The molecule has 210 valence electrons. The van der Waals surface area contributed by atoms with Crippen LogP contribution in [0.4, 0.5) is 23.4 Å². The first kappa shape index (κ1) is 27.5. The fraction of sp³-hybridized carbons (Fsp3) is 0.333. The molecule has 3 aromatic heterocycles. The van der Waals surface area contributed by atoms with E-state index in [1.54, 1.807) is 17.0 Å². The third kappa shape index (κ3) is 5.61. The molecule has 0 aliphatic carbocycles. The number of alkyl halides is 3. The van der Waals surface area contributed by atoms with Crippen molar-refractivity contribution in [2.24, 2.45) is 5.73 Å². The number of rotatable bonds is 5. The van der Waals surface area contributed by atoms with Crippen LogP contribution >= 0.6 is 0 Å². The monoisotopic (exact) mass is 556 g/mol. The first-order valence-corrected chi connectivity index (χ1v) is 12.6. The normalized spacial score (nSPS) is 15.1. The van der Waals surface area contributed by atoms with Gasteiger partial charge in [-0.15, -0.1) is 0 Å². The van der Waals surface area contributed by atoms with Crippen molar-refractivity contribution in [1.29, 1.82) is 0 Å². The number of aromatic nitrogens is 4. The summed E-state index contributed by atoms with van der Waals surface area (Å²) < 4.78 is 56.6. The first-order chi connectivity index (χ1) is 18.8. The number of anilines is 1. The van der Waals surface area contributed by atoms with Gasteiger partial charge in [-0.3, -0.25) is 9.69 Å². The Hall–Kier alpha value is -4.10. The summed E-state index contributed by atoms with van der Waals surface area (Å²) in [5.41, 5.74) is 11.5. The maximum absolute atomic E-state index is 15.2. The number of amides is 1. The average Bonchev–Trinajstić information content (AvgIpc) is 3.31. The van der Waals surface area contributed by atoms with Crippen LogP contribution in [0.15, 0.2) is 48.8 Å². The largest absolute Gasteiger partial charge is 0.419 e. The van der Waals surface area contributed by atoms with E-state index in [1.165, 1.54) is 35.1 Å².